The smallest absolute Gasteiger partial charge is 0.211 e. The third-order valence-electron chi connectivity index (χ3n) is 1.74. The van der Waals surface area contributed by atoms with Gasteiger partial charge >= 0.3 is 0 Å². The van der Waals surface area contributed by atoms with E-state index in [1.807, 2.05) is 0 Å². The van der Waals surface area contributed by atoms with Crippen LogP contribution in [0.5, 0.6) is 0 Å². The lowest BCUT2D eigenvalue weighted by Crippen LogP contribution is -2.50. The summed E-state index contributed by atoms with van der Waals surface area (Å²) in [6, 6.07) is 0. The van der Waals surface area contributed by atoms with Gasteiger partial charge in [0.25, 0.3) is 0 Å². The number of piperazine rings is 1. The van der Waals surface area contributed by atoms with Crippen LogP contribution in [0.25, 0.3) is 0 Å². The fourth-order valence-corrected chi connectivity index (χ4v) is 1.86. The van der Waals surface area contributed by atoms with Gasteiger partial charge in [-0.3, -0.25) is 5.84 Å². The fraction of sp³-hybridized carbons (Fsp3) is 1.00. The number of nitrogens with zero attached hydrogens (tertiary/aromatic N) is 2. The predicted molar refractivity (Wildman–Crippen MR) is 42.2 cm³/mol. The van der Waals surface area contributed by atoms with Gasteiger partial charge in [-0.15, -0.1) is 0 Å². The van der Waals surface area contributed by atoms with E-state index in [1.165, 1.54) is 10.6 Å². The van der Waals surface area contributed by atoms with Crippen LogP contribution in [0.15, 0.2) is 0 Å². The maximum Gasteiger partial charge on any atom is 0.211 e. The average molecular weight is 179 g/mol. The summed E-state index contributed by atoms with van der Waals surface area (Å²) in [4.78, 5) is 0. The van der Waals surface area contributed by atoms with Gasteiger partial charge in [0.15, 0.2) is 0 Å². The van der Waals surface area contributed by atoms with E-state index in [9.17, 15) is 8.42 Å². The van der Waals surface area contributed by atoms with E-state index in [4.69, 9.17) is 5.84 Å². The normalized spacial score (nSPS) is 23.8. The molecule has 1 saturated heterocycles. The molecule has 0 aliphatic carbocycles. The first-order chi connectivity index (χ1) is 5.00. The first kappa shape index (κ1) is 8.92. The Morgan fingerprint density at radius 3 is 2.00 bits per heavy atom. The molecule has 0 aromatic rings. The standard InChI is InChI=1S/C5H13N3O2S/c1-11(9,10)8-4-2-7(6)3-5-8/h2-6H2,1H3. The maximum absolute atomic E-state index is 11.0. The van der Waals surface area contributed by atoms with Crippen LogP contribution in [0.4, 0.5) is 0 Å². The van der Waals surface area contributed by atoms with Gasteiger partial charge in [-0.2, -0.15) is 4.31 Å². The average Bonchev–Trinajstić information content (AvgIpc) is 1.86. The second-order valence-electron chi connectivity index (χ2n) is 2.70. The van der Waals surface area contributed by atoms with E-state index in [0.717, 1.165) is 0 Å². The molecule has 6 heteroatoms. The topological polar surface area (TPSA) is 66.6 Å². The monoisotopic (exact) mass is 179 g/mol. The van der Waals surface area contributed by atoms with Gasteiger partial charge < -0.3 is 0 Å². The highest BCUT2D eigenvalue weighted by molar-refractivity contribution is 7.88. The molecule has 0 spiro atoms. The van der Waals surface area contributed by atoms with Crippen LogP contribution in [0, 0.1) is 0 Å². The summed E-state index contributed by atoms with van der Waals surface area (Å²) in [5.41, 5.74) is 0. The molecule has 0 aromatic heterocycles. The first-order valence-corrected chi connectivity index (χ1v) is 5.30. The first-order valence-electron chi connectivity index (χ1n) is 3.45. The summed E-state index contributed by atoms with van der Waals surface area (Å²) < 4.78 is 23.4. The minimum absolute atomic E-state index is 0.509. The Kier molecular flexibility index (Phi) is 2.48. The zero-order valence-electron chi connectivity index (χ0n) is 6.52. The molecule has 0 bridgehead atoms. The zero-order chi connectivity index (χ0) is 8.48. The Morgan fingerprint density at radius 1 is 1.18 bits per heavy atom. The SMILES string of the molecule is CS(=O)(=O)N1CCN(N)CC1. The Hall–Kier alpha value is -0.170. The molecule has 11 heavy (non-hydrogen) atoms. The quantitative estimate of drug-likeness (QED) is 0.494. The van der Waals surface area contributed by atoms with Crippen molar-refractivity contribution < 1.29 is 8.42 Å². The molecular formula is C5H13N3O2S. The van der Waals surface area contributed by atoms with Crippen molar-refractivity contribution in [3.63, 3.8) is 0 Å². The Balaban J connectivity index is 2.53. The number of hydrogen-bond donors (Lipinski definition) is 1. The van der Waals surface area contributed by atoms with E-state index in [1.54, 1.807) is 5.01 Å². The van der Waals surface area contributed by atoms with E-state index in [0.29, 0.717) is 26.2 Å². The van der Waals surface area contributed by atoms with Crippen LogP contribution in [-0.4, -0.2) is 50.2 Å². The summed E-state index contributed by atoms with van der Waals surface area (Å²) in [7, 11) is -3.00. The van der Waals surface area contributed by atoms with Crippen LogP contribution < -0.4 is 5.84 Å². The number of hydrogen-bond acceptors (Lipinski definition) is 4. The lowest BCUT2D eigenvalue weighted by atomic mass is 10.4. The van der Waals surface area contributed by atoms with Crippen molar-refractivity contribution in [2.75, 3.05) is 32.4 Å². The Morgan fingerprint density at radius 2 is 1.64 bits per heavy atom. The lowest BCUT2D eigenvalue weighted by Gasteiger charge is -2.29. The van der Waals surface area contributed by atoms with Gasteiger partial charge in [-0.1, -0.05) is 0 Å². The molecule has 66 valence electrons. The van der Waals surface area contributed by atoms with Crippen molar-refractivity contribution in [1.82, 2.24) is 9.31 Å². The van der Waals surface area contributed by atoms with Crippen molar-refractivity contribution in [2.24, 2.45) is 5.84 Å². The molecule has 1 rings (SSSR count). The van der Waals surface area contributed by atoms with E-state index in [-0.39, 0.29) is 0 Å². The van der Waals surface area contributed by atoms with Crippen LogP contribution >= 0.6 is 0 Å². The van der Waals surface area contributed by atoms with Gasteiger partial charge in [-0.05, 0) is 0 Å². The molecular weight excluding hydrogens is 166 g/mol. The second-order valence-corrected chi connectivity index (χ2v) is 4.68. The number of rotatable bonds is 1. The summed E-state index contributed by atoms with van der Waals surface area (Å²) >= 11 is 0. The molecule has 0 saturated carbocycles. The molecule has 0 amide bonds. The lowest BCUT2D eigenvalue weighted by molar-refractivity contribution is 0.192. The molecule has 0 atom stereocenters. The highest BCUT2D eigenvalue weighted by Crippen LogP contribution is 2.01. The zero-order valence-corrected chi connectivity index (χ0v) is 7.34. The third-order valence-corrected chi connectivity index (χ3v) is 3.05. The van der Waals surface area contributed by atoms with Gasteiger partial charge in [0.05, 0.1) is 6.26 Å². The van der Waals surface area contributed by atoms with Gasteiger partial charge in [0.1, 0.15) is 0 Å². The molecule has 1 aliphatic heterocycles. The van der Waals surface area contributed by atoms with Crippen LogP contribution in [0.1, 0.15) is 0 Å². The van der Waals surface area contributed by atoms with Crippen molar-refractivity contribution in [2.45, 2.75) is 0 Å². The largest absolute Gasteiger partial charge is 0.269 e. The third kappa shape index (κ3) is 2.41. The molecule has 1 heterocycles. The van der Waals surface area contributed by atoms with E-state index in [2.05, 4.69) is 0 Å². The van der Waals surface area contributed by atoms with Gasteiger partial charge in [0.2, 0.25) is 10.0 Å². The van der Waals surface area contributed by atoms with E-state index >= 15 is 0 Å². The van der Waals surface area contributed by atoms with Crippen molar-refractivity contribution in [3.05, 3.63) is 0 Å². The highest BCUT2D eigenvalue weighted by atomic mass is 32.2. The molecule has 1 aliphatic rings. The summed E-state index contributed by atoms with van der Waals surface area (Å²) in [5.74, 6) is 5.45. The molecule has 2 N–H and O–H groups in total. The number of hydrazine groups is 1. The highest BCUT2D eigenvalue weighted by Gasteiger charge is 2.21. The van der Waals surface area contributed by atoms with Crippen molar-refractivity contribution >= 4 is 10.0 Å². The summed E-state index contributed by atoms with van der Waals surface area (Å²) in [5, 5.41) is 1.63. The summed E-state index contributed by atoms with van der Waals surface area (Å²) in [6.07, 6.45) is 1.22. The molecule has 0 aromatic carbocycles. The van der Waals surface area contributed by atoms with E-state index < -0.39 is 10.0 Å². The minimum atomic E-state index is -3.00. The van der Waals surface area contributed by atoms with Crippen molar-refractivity contribution in [1.29, 1.82) is 0 Å². The van der Waals surface area contributed by atoms with Crippen molar-refractivity contribution in [3.8, 4) is 0 Å². The van der Waals surface area contributed by atoms with Gasteiger partial charge in [0, 0.05) is 26.2 Å². The molecule has 1 fully saturated rings. The Bertz CT molecular complexity index is 218. The van der Waals surface area contributed by atoms with Crippen LogP contribution in [0.2, 0.25) is 0 Å². The summed E-state index contributed by atoms with van der Waals surface area (Å²) in [6.45, 7) is 2.25. The fourth-order valence-electron chi connectivity index (χ4n) is 1.04. The number of sulfonamides is 1. The molecule has 0 unspecified atom stereocenters. The number of nitrogens with two attached hydrogens (primary N) is 1. The van der Waals surface area contributed by atoms with Crippen LogP contribution in [-0.2, 0) is 10.0 Å². The van der Waals surface area contributed by atoms with Gasteiger partial charge in [-0.25, -0.2) is 13.4 Å². The Labute approximate surface area is 66.8 Å². The minimum Gasteiger partial charge on any atom is -0.269 e. The predicted octanol–water partition coefficient (Wildman–Crippen LogP) is -1.56. The second kappa shape index (κ2) is 3.06. The molecule has 5 nitrogen and oxygen atoms in total. The molecule has 0 radical (unpaired) electrons. The van der Waals surface area contributed by atoms with Crippen LogP contribution in [0.3, 0.4) is 0 Å². The maximum atomic E-state index is 11.0.